The Hall–Kier alpha value is -1.42. The molecule has 0 N–H and O–H groups in total. The molecule has 0 radical (unpaired) electrons. The molecule has 0 saturated heterocycles. The summed E-state index contributed by atoms with van der Waals surface area (Å²) in [6, 6.07) is 8.74. The van der Waals surface area contributed by atoms with E-state index in [4.69, 9.17) is 9.05 Å². The summed E-state index contributed by atoms with van der Waals surface area (Å²) in [4.78, 5) is 11.3. The third-order valence-electron chi connectivity index (χ3n) is 2.30. The van der Waals surface area contributed by atoms with Crippen LogP contribution in [0.4, 0.5) is 0 Å². The van der Waals surface area contributed by atoms with E-state index in [0.29, 0.717) is 5.56 Å². The fraction of sp³-hybridized carbons (Fsp3) is 0.250. The van der Waals surface area contributed by atoms with Crippen LogP contribution in [0.1, 0.15) is 5.56 Å². The summed E-state index contributed by atoms with van der Waals surface area (Å²) in [7, 11) is 0.247. The number of methoxy groups -OCH3 is 1. The average molecular weight is 270 g/mol. The summed E-state index contributed by atoms with van der Waals surface area (Å²) < 4.78 is 26.7. The highest BCUT2D eigenvalue weighted by atomic mass is 31.2. The molecule has 6 heteroatoms. The molecule has 0 aliphatic carbocycles. The van der Waals surface area contributed by atoms with Crippen molar-refractivity contribution in [3.8, 4) is 0 Å². The second kappa shape index (κ2) is 6.50. The van der Waals surface area contributed by atoms with Crippen LogP contribution in [0.15, 0.2) is 36.4 Å². The van der Waals surface area contributed by atoms with Crippen molar-refractivity contribution in [1.29, 1.82) is 0 Å². The molecule has 0 spiro atoms. The summed E-state index contributed by atoms with van der Waals surface area (Å²) in [6.07, 6.45) is 1.11. The van der Waals surface area contributed by atoms with E-state index < -0.39 is 13.6 Å². The zero-order valence-electron chi connectivity index (χ0n) is 10.5. The van der Waals surface area contributed by atoms with Gasteiger partial charge in [-0.15, -0.1) is 0 Å². The van der Waals surface area contributed by atoms with Gasteiger partial charge in [0.15, 0.2) is 0 Å². The molecule has 0 bridgehead atoms. The van der Waals surface area contributed by atoms with Gasteiger partial charge in [-0.1, -0.05) is 30.3 Å². The van der Waals surface area contributed by atoms with E-state index in [-0.39, 0.29) is 5.31 Å². The molecule has 0 saturated carbocycles. The summed E-state index contributed by atoms with van der Waals surface area (Å²) in [5.74, 6) is -0.622. The van der Waals surface area contributed by atoms with Gasteiger partial charge in [-0.3, -0.25) is 4.57 Å². The monoisotopic (exact) mass is 270 g/mol. The molecular weight excluding hydrogens is 255 g/mol. The molecule has 0 fully saturated rings. The van der Waals surface area contributed by atoms with Gasteiger partial charge in [0.2, 0.25) is 0 Å². The van der Waals surface area contributed by atoms with Crippen molar-refractivity contribution in [1.82, 2.24) is 0 Å². The molecule has 0 heterocycles. The number of carbonyl (C=O) groups excluding carboxylic acids is 1. The van der Waals surface area contributed by atoms with Crippen LogP contribution in [0.3, 0.4) is 0 Å². The summed E-state index contributed by atoms with van der Waals surface area (Å²) >= 11 is 0. The highest BCUT2D eigenvalue weighted by Gasteiger charge is 2.29. The number of ether oxygens (including phenoxy) is 1. The SMILES string of the molecule is COC(=O)/C=C(/c1ccccc1)P(=O)(OC)OC. The zero-order valence-corrected chi connectivity index (χ0v) is 11.3. The van der Waals surface area contributed by atoms with E-state index in [1.54, 1.807) is 24.3 Å². The third-order valence-corrected chi connectivity index (χ3v) is 4.24. The van der Waals surface area contributed by atoms with Crippen molar-refractivity contribution in [2.24, 2.45) is 0 Å². The van der Waals surface area contributed by atoms with E-state index in [1.807, 2.05) is 6.07 Å². The van der Waals surface area contributed by atoms with Crippen LogP contribution in [0.2, 0.25) is 0 Å². The largest absolute Gasteiger partial charge is 0.466 e. The van der Waals surface area contributed by atoms with Gasteiger partial charge in [0.1, 0.15) is 0 Å². The minimum absolute atomic E-state index is 0.167. The lowest BCUT2D eigenvalue weighted by atomic mass is 10.2. The second-order valence-corrected chi connectivity index (χ2v) is 5.49. The first-order valence-electron chi connectivity index (χ1n) is 5.14. The Morgan fingerprint density at radius 1 is 1.11 bits per heavy atom. The van der Waals surface area contributed by atoms with Crippen molar-refractivity contribution >= 4 is 18.9 Å². The van der Waals surface area contributed by atoms with Crippen molar-refractivity contribution in [3.63, 3.8) is 0 Å². The van der Waals surface area contributed by atoms with E-state index >= 15 is 0 Å². The Balaban J connectivity index is 3.33. The highest BCUT2D eigenvalue weighted by molar-refractivity contribution is 7.65. The van der Waals surface area contributed by atoms with Crippen molar-refractivity contribution < 1.29 is 23.1 Å². The number of rotatable bonds is 5. The van der Waals surface area contributed by atoms with Gasteiger partial charge in [-0.25, -0.2) is 4.79 Å². The summed E-state index contributed by atoms with van der Waals surface area (Å²) in [6.45, 7) is 0. The first-order valence-corrected chi connectivity index (χ1v) is 6.69. The van der Waals surface area contributed by atoms with Crippen molar-refractivity contribution in [2.75, 3.05) is 21.3 Å². The predicted octanol–water partition coefficient (Wildman–Crippen LogP) is 2.69. The van der Waals surface area contributed by atoms with Crippen LogP contribution in [0.25, 0.3) is 5.31 Å². The van der Waals surface area contributed by atoms with Gasteiger partial charge in [0.25, 0.3) is 0 Å². The number of esters is 1. The first-order chi connectivity index (χ1) is 8.57. The van der Waals surface area contributed by atoms with Gasteiger partial charge in [-0.05, 0) is 5.56 Å². The molecule has 1 aromatic rings. The van der Waals surface area contributed by atoms with Crippen molar-refractivity contribution in [2.45, 2.75) is 0 Å². The maximum atomic E-state index is 12.4. The van der Waals surface area contributed by atoms with E-state index in [1.165, 1.54) is 21.3 Å². The van der Waals surface area contributed by atoms with E-state index in [9.17, 15) is 9.36 Å². The molecule has 1 rings (SSSR count). The van der Waals surface area contributed by atoms with E-state index in [0.717, 1.165) is 6.08 Å². The van der Waals surface area contributed by atoms with Crippen LogP contribution < -0.4 is 0 Å². The number of carbonyl (C=O) groups is 1. The molecule has 0 unspecified atom stereocenters. The molecule has 5 nitrogen and oxygen atoms in total. The lowest BCUT2D eigenvalue weighted by molar-refractivity contribution is -0.134. The smallest absolute Gasteiger partial charge is 0.361 e. The normalized spacial score (nSPS) is 12.3. The Kier molecular flexibility index (Phi) is 5.28. The number of hydrogen-bond acceptors (Lipinski definition) is 5. The number of benzene rings is 1. The van der Waals surface area contributed by atoms with Gasteiger partial charge in [-0.2, -0.15) is 0 Å². The standard InChI is InChI=1S/C12H15O5P/c1-15-12(13)9-11(18(14,16-2)17-3)10-7-5-4-6-8-10/h4-9H,1-3H3/b11-9-. The first kappa shape index (κ1) is 14.6. The summed E-state index contributed by atoms with van der Waals surface area (Å²) in [5, 5.41) is 0.167. The summed E-state index contributed by atoms with van der Waals surface area (Å²) in [5.41, 5.74) is 0.579. The minimum Gasteiger partial charge on any atom is -0.466 e. The quantitative estimate of drug-likeness (QED) is 0.467. The molecule has 0 aliphatic rings. The lowest BCUT2D eigenvalue weighted by Crippen LogP contribution is -2.00. The lowest BCUT2D eigenvalue weighted by Gasteiger charge is -2.17. The van der Waals surface area contributed by atoms with Crippen LogP contribution in [-0.2, 0) is 23.1 Å². The van der Waals surface area contributed by atoms with Crippen LogP contribution in [0.5, 0.6) is 0 Å². The third kappa shape index (κ3) is 3.29. The van der Waals surface area contributed by atoms with Gasteiger partial charge in [0.05, 0.1) is 12.4 Å². The molecule has 0 atom stereocenters. The van der Waals surface area contributed by atoms with Crippen LogP contribution >= 0.6 is 7.60 Å². The molecule has 18 heavy (non-hydrogen) atoms. The topological polar surface area (TPSA) is 61.8 Å². The Bertz CT molecular complexity index is 473. The van der Waals surface area contributed by atoms with Gasteiger partial charge < -0.3 is 13.8 Å². The van der Waals surface area contributed by atoms with Crippen LogP contribution in [-0.4, -0.2) is 27.3 Å². The van der Waals surface area contributed by atoms with Crippen LogP contribution in [0, 0.1) is 0 Å². The minimum atomic E-state index is -3.52. The maximum absolute atomic E-state index is 12.4. The Morgan fingerprint density at radius 3 is 2.11 bits per heavy atom. The van der Waals surface area contributed by atoms with Crippen molar-refractivity contribution in [3.05, 3.63) is 42.0 Å². The zero-order chi connectivity index (χ0) is 13.6. The Morgan fingerprint density at radius 2 is 1.67 bits per heavy atom. The second-order valence-electron chi connectivity index (χ2n) is 3.28. The maximum Gasteiger partial charge on any atom is 0.361 e. The number of hydrogen-bond donors (Lipinski definition) is 0. The molecule has 0 aromatic heterocycles. The molecule has 98 valence electrons. The average Bonchev–Trinajstić information content (AvgIpc) is 2.44. The van der Waals surface area contributed by atoms with Gasteiger partial charge >= 0.3 is 13.6 Å². The molecule has 0 aliphatic heterocycles. The molecule has 1 aromatic carbocycles. The highest BCUT2D eigenvalue weighted by Crippen LogP contribution is 2.59. The fourth-order valence-corrected chi connectivity index (χ4v) is 2.64. The predicted molar refractivity (Wildman–Crippen MR) is 68.1 cm³/mol. The fourth-order valence-electron chi connectivity index (χ4n) is 1.37. The van der Waals surface area contributed by atoms with E-state index in [2.05, 4.69) is 4.74 Å². The molecule has 0 amide bonds. The van der Waals surface area contributed by atoms with Gasteiger partial charge in [0, 0.05) is 20.3 Å². The molecular formula is C12H15O5P. The Labute approximate surface area is 106 Å².